The van der Waals surface area contributed by atoms with Gasteiger partial charge in [0.25, 0.3) is 5.56 Å². The zero-order valence-corrected chi connectivity index (χ0v) is 10.8. The lowest BCUT2D eigenvalue weighted by atomic mass is 10.1. The molecule has 0 unspecified atom stereocenters. The summed E-state index contributed by atoms with van der Waals surface area (Å²) < 4.78 is 1.33. The van der Waals surface area contributed by atoms with E-state index in [-0.39, 0.29) is 5.56 Å². The topological polar surface area (TPSA) is 63.1 Å². The van der Waals surface area contributed by atoms with Gasteiger partial charge in [-0.25, -0.2) is 0 Å². The van der Waals surface area contributed by atoms with Crippen molar-refractivity contribution >= 4 is 5.78 Å². The molecule has 0 aliphatic carbocycles. The van der Waals surface area contributed by atoms with Gasteiger partial charge in [0, 0.05) is 5.56 Å². The predicted molar refractivity (Wildman–Crippen MR) is 73.2 cm³/mol. The number of aryl methyl sites for hydroxylation is 1. The number of rotatable bonds is 2. The van der Waals surface area contributed by atoms with Gasteiger partial charge in [0.2, 0.25) is 5.78 Å². The highest BCUT2D eigenvalue weighted by Gasteiger charge is 2.13. The molecule has 2 heterocycles. The minimum absolute atomic E-state index is 0.101. The third kappa shape index (κ3) is 1.83. The molecule has 0 aliphatic heterocycles. The Morgan fingerprint density at radius 2 is 2.00 bits per heavy atom. The number of fused-ring (bicyclic) bond motifs is 1. The number of nitrogens with one attached hydrogen (secondary N) is 1. The SMILES string of the molecule is CCc1c(-c2ccccc2)[nH]c2nc(C)nn2c1=O. The van der Waals surface area contributed by atoms with Crippen molar-refractivity contribution in [2.75, 3.05) is 0 Å². The van der Waals surface area contributed by atoms with Crippen molar-refractivity contribution in [2.45, 2.75) is 20.3 Å². The number of aromatic nitrogens is 4. The van der Waals surface area contributed by atoms with Gasteiger partial charge in [0.1, 0.15) is 5.82 Å². The van der Waals surface area contributed by atoms with Crippen LogP contribution in [0.1, 0.15) is 18.3 Å². The summed E-state index contributed by atoms with van der Waals surface area (Å²) in [7, 11) is 0. The number of H-pyrrole nitrogens is 1. The molecule has 19 heavy (non-hydrogen) atoms. The van der Waals surface area contributed by atoms with Crippen LogP contribution in [0.5, 0.6) is 0 Å². The molecule has 0 bridgehead atoms. The molecule has 96 valence electrons. The molecule has 2 aromatic heterocycles. The first-order valence-corrected chi connectivity index (χ1v) is 6.24. The fraction of sp³-hybridized carbons (Fsp3) is 0.214. The third-order valence-electron chi connectivity index (χ3n) is 3.12. The van der Waals surface area contributed by atoms with Crippen LogP contribution in [0.3, 0.4) is 0 Å². The maximum Gasteiger partial charge on any atom is 0.279 e. The van der Waals surface area contributed by atoms with Crippen molar-refractivity contribution in [1.29, 1.82) is 0 Å². The minimum atomic E-state index is -0.101. The molecule has 0 radical (unpaired) electrons. The first-order valence-electron chi connectivity index (χ1n) is 6.24. The fourth-order valence-electron chi connectivity index (χ4n) is 2.24. The Morgan fingerprint density at radius 3 is 2.68 bits per heavy atom. The van der Waals surface area contributed by atoms with Gasteiger partial charge in [-0.1, -0.05) is 37.3 Å². The molecule has 0 aliphatic rings. The molecule has 0 atom stereocenters. The molecule has 0 amide bonds. The van der Waals surface area contributed by atoms with Gasteiger partial charge in [-0.3, -0.25) is 4.79 Å². The molecule has 5 heteroatoms. The van der Waals surface area contributed by atoms with Crippen LogP contribution in [0.25, 0.3) is 17.0 Å². The van der Waals surface area contributed by atoms with Crippen LogP contribution in [0.4, 0.5) is 0 Å². The van der Waals surface area contributed by atoms with E-state index in [2.05, 4.69) is 15.1 Å². The van der Waals surface area contributed by atoms with Crippen molar-refractivity contribution in [2.24, 2.45) is 0 Å². The van der Waals surface area contributed by atoms with Gasteiger partial charge in [-0.05, 0) is 18.9 Å². The van der Waals surface area contributed by atoms with Crippen molar-refractivity contribution in [3.8, 4) is 11.3 Å². The van der Waals surface area contributed by atoms with E-state index in [1.165, 1.54) is 4.52 Å². The Bertz CT molecular complexity index is 786. The van der Waals surface area contributed by atoms with Gasteiger partial charge in [0.05, 0.1) is 5.69 Å². The van der Waals surface area contributed by atoms with E-state index >= 15 is 0 Å². The summed E-state index contributed by atoms with van der Waals surface area (Å²) in [5.74, 6) is 1.07. The van der Waals surface area contributed by atoms with E-state index in [1.54, 1.807) is 6.92 Å². The number of nitrogens with zero attached hydrogens (tertiary/aromatic N) is 3. The standard InChI is InChI=1S/C14H14N4O/c1-3-11-12(10-7-5-4-6-8-10)16-14-15-9(2)17-18(14)13(11)19/h4-8H,3H2,1-2H3,(H,15,16,17). The highest BCUT2D eigenvalue weighted by atomic mass is 16.1. The Balaban J connectivity index is 2.38. The monoisotopic (exact) mass is 254 g/mol. The number of benzene rings is 1. The van der Waals surface area contributed by atoms with E-state index in [0.717, 1.165) is 16.8 Å². The summed E-state index contributed by atoms with van der Waals surface area (Å²) in [6.45, 7) is 3.74. The smallest absolute Gasteiger partial charge is 0.279 e. The summed E-state index contributed by atoms with van der Waals surface area (Å²) in [6, 6.07) is 9.81. The Morgan fingerprint density at radius 1 is 1.26 bits per heavy atom. The van der Waals surface area contributed by atoms with Crippen molar-refractivity contribution in [3.63, 3.8) is 0 Å². The van der Waals surface area contributed by atoms with Gasteiger partial charge in [-0.2, -0.15) is 9.50 Å². The van der Waals surface area contributed by atoms with Crippen LogP contribution in [0.15, 0.2) is 35.1 Å². The number of hydrogen-bond acceptors (Lipinski definition) is 3. The molecule has 3 rings (SSSR count). The van der Waals surface area contributed by atoms with E-state index in [0.29, 0.717) is 18.0 Å². The Kier molecular flexibility index (Phi) is 2.67. The first kappa shape index (κ1) is 11.6. The third-order valence-corrected chi connectivity index (χ3v) is 3.12. The summed E-state index contributed by atoms with van der Waals surface area (Å²) in [6.07, 6.45) is 0.647. The molecule has 0 fully saturated rings. The van der Waals surface area contributed by atoms with Crippen LogP contribution >= 0.6 is 0 Å². The van der Waals surface area contributed by atoms with Gasteiger partial charge < -0.3 is 4.98 Å². The van der Waals surface area contributed by atoms with Crippen LogP contribution in [-0.4, -0.2) is 19.6 Å². The van der Waals surface area contributed by atoms with Gasteiger partial charge >= 0.3 is 0 Å². The molecule has 0 saturated carbocycles. The summed E-state index contributed by atoms with van der Waals surface area (Å²) in [5, 5.41) is 4.12. The largest absolute Gasteiger partial charge is 0.323 e. The second kappa shape index (κ2) is 4.35. The molecule has 5 nitrogen and oxygen atoms in total. The summed E-state index contributed by atoms with van der Waals surface area (Å²) in [4.78, 5) is 19.9. The zero-order chi connectivity index (χ0) is 13.4. The fourth-order valence-corrected chi connectivity index (χ4v) is 2.24. The average Bonchev–Trinajstić information content (AvgIpc) is 2.80. The number of hydrogen-bond donors (Lipinski definition) is 1. The van der Waals surface area contributed by atoms with Crippen molar-refractivity contribution in [3.05, 3.63) is 52.1 Å². The lowest BCUT2D eigenvalue weighted by Gasteiger charge is -2.07. The normalized spacial score (nSPS) is 11.1. The summed E-state index contributed by atoms with van der Waals surface area (Å²) >= 11 is 0. The quantitative estimate of drug-likeness (QED) is 0.760. The maximum atomic E-state index is 12.4. The van der Waals surface area contributed by atoms with E-state index in [1.807, 2.05) is 37.3 Å². The van der Waals surface area contributed by atoms with Crippen molar-refractivity contribution in [1.82, 2.24) is 19.6 Å². The molecule has 1 N–H and O–H groups in total. The van der Waals surface area contributed by atoms with Gasteiger partial charge in [0.15, 0.2) is 0 Å². The second-order valence-corrected chi connectivity index (χ2v) is 4.40. The Hall–Kier alpha value is -2.43. The van der Waals surface area contributed by atoms with Crippen LogP contribution < -0.4 is 5.56 Å². The van der Waals surface area contributed by atoms with Crippen molar-refractivity contribution < 1.29 is 0 Å². The molecule has 0 spiro atoms. The molecule has 3 aromatic rings. The second-order valence-electron chi connectivity index (χ2n) is 4.40. The molecular weight excluding hydrogens is 240 g/mol. The Labute approximate surface area is 109 Å². The lowest BCUT2D eigenvalue weighted by Crippen LogP contribution is -2.21. The van der Waals surface area contributed by atoms with E-state index in [4.69, 9.17) is 0 Å². The highest BCUT2D eigenvalue weighted by molar-refractivity contribution is 5.64. The highest BCUT2D eigenvalue weighted by Crippen LogP contribution is 2.19. The predicted octanol–water partition coefficient (Wildman–Crippen LogP) is 1.96. The molecule has 1 aromatic carbocycles. The molecule has 0 saturated heterocycles. The van der Waals surface area contributed by atoms with E-state index < -0.39 is 0 Å². The lowest BCUT2D eigenvalue weighted by molar-refractivity contribution is 0.856. The summed E-state index contributed by atoms with van der Waals surface area (Å²) in [5.41, 5.74) is 2.44. The first-order chi connectivity index (χ1) is 9.20. The van der Waals surface area contributed by atoms with Crippen LogP contribution in [-0.2, 0) is 6.42 Å². The minimum Gasteiger partial charge on any atom is -0.323 e. The molecular formula is C14H14N4O. The number of aromatic amines is 1. The zero-order valence-electron chi connectivity index (χ0n) is 10.8. The maximum absolute atomic E-state index is 12.4. The van der Waals surface area contributed by atoms with Gasteiger partial charge in [-0.15, -0.1) is 5.10 Å². The van der Waals surface area contributed by atoms with Crippen LogP contribution in [0, 0.1) is 6.92 Å². The van der Waals surface area contributed by atoms with Crippen LogP contribution in [0.2, 0.25) is 0 Å². The average molecular weight is 254 g/mol. The van der Waals surface area contributed by atoms with E-state index in [9.17, 15) is 4.79 Å².